The zero-order valence-electron chi connectivity index (χ0n) is 17.7. The van der Waals surface area contributed by atoms with E-state index in [1.165, 1.54) is 0 Å². The Morgan fingerprint density at radius 3 is 2.61 bits per heavy atom. The molecule has 0 saturated carbocycles. The van der Waals surface area contributed by atoms with Crippen molar-refractivity contribution in [3.05, 3.63) is 59.8 Å². The van der Waals surface area contributed by atoms with Gasteiger partial charge in [-0.05, 0) is 31.5 Å². The maximum absolute atomic E-state index is 12.2. The maximum atomic E-state index is 12.2. The second kappa shape index (κ2) is 9.12. The SMILES string of the molecule is CCOC(=O)CC1CN(Cc2ccccc2)c2ccc3cc(C(=O)OCC)[nH]c3c2O1. The molecule has 7 heteroatoms. The van der Waals surface area contributed by atoms with Crippen LogP contribution in [0, 0.1) is 0 Å². The minimum Gasteiger partial charge on any atom is -0.484 e. The van der Waals surface area contributed by atoms with Crippen LogP contribution in [0.5, 0.6) is 5.75 Å². The van der Waals surface area contributed by atoms with E-state index in [0.29, 0.717) is 43.3 Å². The van der Waals surface area contributed by atoms with Crippen molar-refractivity contribution in [1.82, 2.24) is 4.98 Å². The van der Waals surface area contributed by atoms with Crippen LogP contribution < -0.4 is 9.64 Å². The third-order valence-electron chi connectivity index (χ3n) is 5.19. The number of H-pyrrole nitrogens is 1. The van der Waals surface area contributed by atoms with Gasteiger partial charge in [0, 0.05) is 11.9 Å². The lowest BCUT2D eigenvalue weighted by Crippen LogP contribution is -2.41. The van der Waals surface area contributed by atoms with Crippen molar-refractivity contribution in [1.29, 1.82) is 0 Å². The lowest BCUT2D eigenvalue weighted by molar-refractivity contribution is -0.144. The number of nitrogens with one attached hydrogen (secondary N) is 1. The van der Waals surface area contributed by atoms with E-state index >= 15 is 0 Å². The second-order valence-corrected chi connectivity index (χ2v) is 7.40. The third-order valence-corrected chi connectivity index (χ3v) is 5.19. The van der Waals surface area contributed by atoms with Crippen molar-refractivity contribution in [2.45, 2.75) is 32.9 Å². The Labute approximate surface area is 180 Å². The summed E-state index contributed by atoms with van der Waals surface area (Å²) in [5.41, 5.74) is 3.15. The fourth-order valence-electron chi connectivity index (χ4n) is 3.86. The normalized spacial score (nSPS) is 15.3. The van der Waals surface area contributed by atoms with E-state index in [1.807, 2.05) is 30.3 Å². The van der Waals surface area contributed by atoms with Gasteiger partial charge in [-0.2, -0.15) is 0 Å². The number of ether oxygens (including phenoxy) is 3. The molecule has 3 aromatic rings. The summed E-state index contributed by atoms with van der Waals surface area (Å²) < 4.78 is 16.5. The molecule has 0 bridgehead atoms. The summed E-state index contributed by atoms with van der Waals surface area (Å²) in [4.78, 5) is 29.7. The molecule has 2 heterocycles. The van der Waals surface area contributed by atoms with Gasteiger partial charge in [0.2, 0.25) is 0 Å². The predicted octanol–water partition coefficient (Wildman–Crippen LogP) is 4.07. The van der Waals surface area contributed by atoms with Crippen LogP contribution in [0.3, 0.4) is 0 Å². The maximum Gasteiger partial charge on any atom is 0.354 e. The van der Waals surface area contributed by atoms with Crippen LogP contribution in [0.2, 0.25) is 0 Å². The van der Waals surface area contributed by atoms with Gasteiger partial charge in [-0.3, -0.25) is 4.79 Å². The third kappa shape index (κ3) is 4.50. The largest absolute Gasteiger partial charge is 0.484 e. The van der Waals surface area contributed by atoms with Crippen molar-refractivity contribution in [3.63, 3.8) is 0 Å². The summed E-state index contributed by atoms with van der Waals surface area (Å²) in [5.74, 6) is -0.0708. The van der Waals surface area contributed by atoms with Gasteiger partial charge in [-0.1, -0.05) is 36.4 Å². The Hall–Kier alpha value is -3.48. The highest BCUT2D eigenvalue weighted by atomic mass is 16.5. The topological polar surface area (TPSA) is 80.9 Å². The molecule has 1 aromatic heterocycles. The molecule has 1 N–H and O–H groups in total. The molecule has 4 rings (SSSR count). The highest BCUT2D eigenvalue weighted by Gasteiger charge is 2.30. The minimum atomic E-state index is -0.410. The van der Waals surface area contributed by atoms with Crippen molar-refractivity contribution < 1.29 is 23.8 Å². The van der Waals surface area contributed by atoms with Gasteiger partial charge in [-0.25, -0.2) is 4.79 Å². The van der Waals surface area contributed by atoms with Gasteiger partial charge in [0.1, 0.15) is 11.8 Å². The molecule has 1 atom stereocenters. The van der Waals surface area contributed by atoms with Crippen molar-refractivity contribution in [3.8, 4) is 5.75 Å². The van der Waals surface area contributed by atoms with Crippen molar-refractivity contribution in [2.24, 2.45) is 0 Å². The number of nitrogens with zero attached hydrogens (tertiary/aromatic N) is 1. The smallest absolute Gasteiger partial charge is 0.354 e. The summed E-state index contributed by atoms with van der Waals surface area (Å²) in [7, 11) is 0. The van der Waals surface area contributed by atoms with E-state index in [0.717, 1.165) is 16.6 Å². The van der Waals surface area contributed by atoms with Crippen molar-refractivity contribution >= 4 is 28.5 Å². The zero-order chi connectivity index (χ0) is 21.8. The summed E-state index contributed by atoms with van der Waals surface area (Å²) >= 11 is 0. The van der Waals surface area contributed by atoms with Crippen LogP contribution >= 0.6 is 0 Å². The Balaban J connectivity index is 1.71. The minimum absolute atomic E-state index is 0.153. The molecule has 0 radical (unpaired) electrons. The molecule has 0 saturated heterocycles. The molecule has 2 aromatic carbocycles. The van der Waals surface area contributed by atoms with Gasteiger partial charge < -0.3 is 24.1 Å². The number of aromatic amines is 1. The summed E-state index contributed by atoms with van der Waals surface area (Å²) in [6, 6.07) is 15.8. The number of hydrogen-bond acceptors (Lipinski definition) is 6. The number of benzene rings is 2. The molecule has 7 nitrogen and oxygen atoms in total. The van der Waals surface area contributed by atoms with E-state index in [2.05, 4.69) is 22.0 Å². The van der Waals surface area contributed by atoms with E-state index in [9.17, 15) is 9.59 Å². The van der Waals surface area contributed by atoms with E-state index < -0.39 is 5.97 Å². The number of aromatic nitrogens is 1. The number of anilines is 1. The zero-order valence-corrected chi connectivity index (χ0v) is 17.7. The van der Waals surface area contributed by atoms with Gasteiger partial charge in [0.15, 0.2) is 5.75 Å². The van der Waals surface area contributed by atoms with E-state index in [1.54, 1.807) is 19.9 Å². The monoisotopic (exact) mass is 422 g/mol. The summed E-state index contributed by atoms with van der Waals surface area (Å²) in [6.45, 7) is 5.42. The van der Waals surface area contributed by atoms with Gasteiger partial charge in [-0.15, -0.1) is 0 Å². The van der Waals surface area contributed by atoms with E-state index in [-0.39, 0.29) is 18.5 Å². The summed E-state index contributed by atoms with van der Waals surface area (Å²) in [6.07, 6.45) is -0.212. The number of esters is 2. The number of fused-ring (bicyclic) bond motifs is 3. The van der Waals surface area contributed by atoms with Crippen LogP contribution in [0.15, 0.2) is 48.5 Å². The number of carbonyl (C=O) groups is 2. The lowest BCUT2D eigenvalue weighted by Gasteiger charge is -2.36. The fourth-order valence-corrected chi connectivity index (χ4v) is 3.86. The number of rotatable bonds is 7. The van der Waals surface area contributed by atoms with Crippen LogP contribution in [-0.4, -0.2) is 42.8 Å². The first-order valence-electron chi connectivity index (χ1n) is 10.5. The molecular weight excluding hydrogens is 396 g/mol. The highest BCUT2D eigenvalue weighted by Crippen LogP contribution is 2.41. The molecule has 1 aliphatic rings. The van der Waals surface area contributed by atoms with Crippen molar-refractivity contribution in [2.75, 3.05) is 24.7 Å². The standard InChI is InChI=1S/C24H26N2O5/c1-3-29-21(27)13-18-15-26(14-16-8-6-5-7-9-16)20-11-10-17-12-19(24(28)30-4-2)25-22(17)23(20)31-18/h5-12,18,25H,3-4,13-15H2,1-2H3. The highest BCUT2D eigenvalue weighted by molar-refractivity contribution is 5.99. The van der Waals surface area contributed by atoms with E-state index in [4.69, 9.17) is 14.2 Å². The van der Waals surface area contributed by atoms with Gasteiger partial charge in [0.05, 0.1) is 37.4 Å². The molecular formula is C24H26N2O5. The van der Waals surface area contributed by atoms with Crippen LogP contribution in [0.4, 0.5) is 5.69 Å². The quantitative estimate of drug-likeness (QED) is 0.578. The average molecular weight is 422 g/mol. The molecule has 1 aliphatic heterocycles. The van der Waals surface area contributed by atoms with Gasteiger partial charge in [0.25, 0.3) is 0 Å². The molecule has 31 heavy (non-hydrogen) atoms. The average Bonchev–Trinajstić information content (AvgIpc) is 3.20. The van der Waals surface area contributed by atoms with Gasteiger partial charge >= 0.3 is 11.9 Å². The first kappa shape index (κ1) is 20.8. The first-order chi connectivity index (χ1) is 15.1. The van der Waals surface area contributed by atoms with Crippen LogP contribution in [0.1, 0.15) is 36.3 Å². The van der Waals surface area contributed by atoms with Crippen LogP contribution in [-0.2, 0) is 20.8 Å². The Bertz CT molecular complexity index is 1080. The Morgan fingerprint density at radius 2 is 1.87 bits per heavy atom. The molecule has 0 amide bonds. The Kier molecular flexibility index (Phi) is 6.11. The van der Waals surface area contributed by atoms with Crippen LogP contribution in [0.25, 0.3) is 10.9 Å². The number of hydrogen-bond donors (Lipinski definition) is 1. The summed E-state index contributed by atoms with van der Waals surface area (Å²) in [5, 5.41) is 0.846. The first-order valence-corrected chi connectivity index (χ1v) is 10.5. The molecule has 1 unspecified atom stereocenters. The molecule has 0 aliphatic carbocycles. The second-order valence-electron chi connectivity index (χ2n) is 7.40. The molecule has 162 valence electrons. The fraction of sp³-hybridized carbons (Fsp3) is 0.333. The number of carbonyl (C=O) groups excluding carboxylic acids is 2. The molecule has 0 fully saturated rings. The Morgan fingerprint density at radius 1 is 1.10 bits per heavy atom. The molecule has 0 spiro atoms. The predicted molar refractivity (Wildman–Crippen MR) is 117 cm³/mol. The lowest BCUT2D eigenvalue weighted by atomic mass is 10.1.